The van der Waals surface area contributed by atoms with Gasteiger partial charge in [-0.2, -0.15) is 0 Å². The summed E-state index contributed by atoms with van der Waals surface area (Å²) in [5.74, 6) is -0.500. The summed E-state index contributed by atoms with van der Waals surface area (Å²) in [6.07, 6.45) is 5.92. The molecular weight excluding hydrogens is 214 g/mol. The van der Waals surface area contributed by atoms with Crippen molar-refractivity contribution in [1.82, 2.24) is 0 Å². The minimum Gasteiger partial charge on any atom is -0.462 e. The quantitative estimate of drug-likeness (QED) is 0.446. The van der Waals surface area contributed by atoms with Crippen LogP contribution in [0.4, 0.5) is 8.78 Å². The number of ether oxygens (including phenoxy) is 1. The first-order valence-electron chi connectivity index (χ1n) is 4.71. The lowest BCUT2D eigenvalue weighted by atomic mass is 10.2. The van der Waals surface area contributed by atoms with Crippen molar-refractivity contribution in [3.8, 4) is 12.3 Å². The molecule has 0 unspecified atom stereocenters. The maximum Gasteiger partial charge on any atom is 0.344 e. The Labute approximate surface area is 92.2 Å². The summed E-state index contributed by atoms with van der Waals surface area (Å²) < 4.78 is 30.9. The fourth-order valence-electron chi connectivity index (χ4n) is 1.10. The molecule has 0 radical (unpaired) electrons. The number of unbranched alkanes of at least 4 members (excludes halogenated alkanes) is 1. The van der Waals surface area contributed by atoms with Crippen LogP contribution in [-0.2, 0) is 4.74 Å². The highest BCUT2D eigenvalue weighted by Crippen LogP contribution is 2.13. The molecule has 0 bridgehead atoms. The van der Waals surface area contributed by atoms with Crippen LogP contribution in [0.3, 0.4) is 0 Å². The van der Waals surface area contributed by atoms with Crippen molar-refractivity contribution in [2.75, 3.05) is 6.61 Å². The van der Waals surface area contributed by atoms with Gasteiger partial charge in [-0.15, -0.1) is 12.3 Å². The molecule has 1 rings (SSSR count). The number of benzene rings is 1. The SMILES string of the molecule is C#CCCCOC(=O)c1c(F)cccc1F. The van der Waals surface area contributed by atoms with E-state index in [1.54, 1.807) is 0 Å². The van der Waals surface area contributed by atoms with Crippen molar-refractivity contribution < 1.29 is 18.3 Å². The van der Waals surface area contributed by atoms with E-state index in [1.165, 1.54) is 6.07 Å². The summed E-state index contributed by atoms with van der Waals surface area (Å²) in [7, 11) is 0. The predicted molar refractivity (Wildman–Crippen MR) is 54.7 cm³/mol. The first kappa shape index (κ1) is 12.2. The van der Waals surface area contributed by atoms with Crippen LogP contribution in [0.2, 0.25) is 0 Å². The minimum absolute atomic E-state index is 0.0524. The molecule has 0 aliphatic heterocycles. The number of carbonyl (C=O) groups is 1. The molecule has 0 aliphatic carbocycles. The van der Waals surface area contributed by atoms with E-state index < -0.39 is 23.2 Å². The second-order valence-corrected chi connectivity index (χ2v) is 3.04. The molecule has 16 heavy (non-hydrogen) atoms. The largest absolute Gasteiger partial charge is 0.462 e. The van der Waals surface area contributed by atoms with Crippen molar-refractivity contribution in [2.45, 2.75) is 12.8 Å². The number of hydrogen-bond donors (Lipinski definition) is 0. The number of esters is 1. The number of hydrogen-bond acceptors (Lipinski definition) is 2. The molecule has 0 fully saturated rings. The van der Waals surface area contributed by atoms with Gasteiger partial charge < -0.3 is 4.74 Å². The molecule has 84 valence electrons. The topological polar surface area (TPSA) is 26.3 Å². The van der Waals surface area contributed by atoms with E-state index in [2.05, 4.69) is 10.7 Å². The molecule has 0 saturated carbocycles. The fourth-order valence-corrected chi connectivity index (χ4v) is 1.10. The van der Waals surface area contributed by atoms with Crippen LogP contribution in [0.25, 0.3) is 0 Å². The normalized spacial score (nSPS) is 9.56. The van der Waals surface area contributed by atoms with Crippen LogP contribution in [0.1, 0.15) is 23.2 Å². The third-order valence-electron chi connectivity index (χ3n) is 1.87. The summed E-state index contributed by atoms with van der Waals surface area (Å²) in [5.41, 5.74) is -0.664. The molecule has 4 heteroatoms. The highest BCUT2D eigenvalue weighted by atomic mass is 19.1. The van der Waals surface area contributed by atoms with Gasteiger partial charge in [0.2, 0.25) is 0 Å². The number of rotatable bonds is 4. The molecule has 1 aromatic carbocycles. The summed E-state index contributed by atoms with van der Waals surface area (Å²) >= 11 is 0. The molecule has 0 spiro atoms. The molecule has 0 heterocycles. The molecule has 0 aromatic heterocycles. The zero-order chi connectivity index (χ0) is 12.0. The van der Waals surface area contributed by atoms with Crippen LogP contribution in [0, 0.1) is 24.0 Å². The van der Waals surface area contributed by atoms with Gasteiger partial charge >= 0.3 is 5.97 Å². The molecule has 0 amide bonds. The van der Waals surface area contributed by atoms with E-state index in [4.69, 9.17) is 6.42 Å². The molecule has 1 aromatic rings. The Bertz CT molecular complexity index is 401. The van der Waals surface area contributed by atoms with E-state index in [0.29, 0.717) is 12.8 Å². The van der Waals surface area contributed by atoms with Gasteiger partial charge in [0.15, 0.2) is 0 Å². The molecule has 0 aliphatic rings. The van der Waals surface area contributed by atoms with Gasteiger partial charge in [-0.1, -0.05) is 6.07 Å². The van der Waals surface area contributed by atoms with Gasteiger partial charge in [0.25, 0.3) is 0 Å². The average Bonchev–Trinajstić information content (AvgIpc) is 2.24. The Balaban J connectivity index is 2.63. The first-order valence-corrected chi connectivity index (χ1v) is 4.71. The lowest BCUT2D eigenvalue weighted by molar-refractivity contribution is 0.0491. The highest BCUT2D eigenvalue weighted by Gasteiger charge is 2.17. The number of halogens is 2. The van der Waals surface area contributed by atoms with Gasteiger partial charge in [0, 0.05) is 6.42 Å². The van der Waals surface area contributed by atoms with Crippen molar-refractivity contribution >= 4 is 5.97 Å². The molecule has 2 nitrogen and oxygen atoms in total. The molecule has 0 saturated heterocycles. The lowest BCUT2D eigenvalue weighted by Crippen LogP contribution is -2.10. The van der Waals surface area contributed by atoms with Crippen molar-refractivity contribution in [3.05, 3.63) is 35.4 Å². The van der Waals surface area contributed by atoms with E-state index in [9.17, 15) is 13.6 Å². The number of terminal acetylenes is 1. The van der Waals surface area contributed by atoms with Crippen LogP contribution in [-0.4, -0.2) is 12.6 Å². The Morgan fingerprint density at radius 2 is 2.00 bits per heavy atom. The summed E-state index contributed by atoms with van der Waals surface area (Å²) in [4.78, 5) is 11.3. The summed E-state index contributed by atoms with van der Waals surface area (Å²) in [6.45, 7) is 0.0524. The highest BCUT2D eigenvalue weighted by molar-refractivity contribution is 5.89. The Hall–Kier alpha value is -1.89. The summed E-state index contributed by atoms with van der Waals surface area (Å²) in [5, 5.41) is 0. The van der Waals surface area contributed by atoms with Crippen LogP contribution < -0.4 is 0 Å². The lowest BCUT2D eigenvalue weighted by Gasteiger charge is -2.05. The molecular formula is C12H10F2O2. The Morgan fingerprint density at radius 3 is 2.56 bits per heavy atom. The van der Waals surface area contributed by atoms with E-state index in [0.717, 1.165) is 12.1 Å². The van der Waals surface area contributed by atoms with E-state index in [1.807, 2.05) is 0 Å². The van der Waals surface area contributed by atoms with Crippen molar-refractivity contribution in [2.24, 2.45) is 0 Å². The van der Waals surface area contributed by atoms with Crippen LogP contribution >= 0.6 is 0 Å². The Kier molecular flexibility index (Phi) is 4.46. The zero-order valence-corrected chi connectivity index (χ0v) is 8.50. The maximum atomic E-state index is 13.1. The first-order chi connectivity index (χ1) is 7.66. The molecule has 0 atom stereocenters. The fraction of sp³-hybridized carbons (Fsp3) is 0.250. The summed E-state index contributed by atoms with van der Waals surface area (Å²) in [6, 6.07) is 3.18. The number of carbonyl (C=O) groups excluding carboxylic acids is 1. The van der Waals surface area contributed by atoms with Crippen LogP contribution in [0.5, 0.6) is 0 Å². The van der Waals surface area contributed by atoms with Gasteiger partial charge in [-0.05, 0) is 18.6 Å². The minimum atomic E-state index is -1.01. The molecule has 0 N–H and O–H groups in total. The zero-order valence-electron chi connectivity index (χ0n) is 8.50. The maximum absolute atomic E-state index is 13.1. The average molecular weight is 224 g/mol. The van der Waals surface area contributed by atoms with E-state index in [-0.39, 0.29) is 6.61 Å². The van der Waals surface area contributed by atoms with Crippen molar-refractivity contribution in [1.29, 1.82) is 0 Å². The monoisotopic (exact) mass is 224 g/mol. The smallest absolute Gasteiger partial charge is 0.344 e. The van der Waals surface area contributed by atoms with Gasteiger partial charge in [0.1, 0.15) is 17.2 Å². The predicted octanol–water partition coefficient (Wildman–Crippen LogP) is 2.54. The van der Waals surface area contributed by atoms with Crippen LogP contribution in [0.15, 0.2) is 18.2 Å². The standard InChI is InChI=1S/C12H10F2O2/c1-2-3-4-8-16-12(15)11-9(13)6-5-7-10(11)14/h1,5-7H,3-4,8H2. The van der Waals surface area contributed by atoms with E-state index >= 15 is 0 Å². The van der Waals surface area contributed by atoms with Gasteiger partial charge in [-0.25, -0.2) is 13.6 Å². The van der Waals surface area contributed by atoms with Crippen molar-refractivity contribution in [3.63, 3.8) is 0 Å². The Morgan fingerprint density at radius 1 is 1.38 bits per heavy atom. The second kappa shape index (κ2) is 5.86. The van der Waals surface area contributed by atoms with Gasteiger partial charge in [0.05, 0.1) is 6.61 Å². The third kappa shape index (κ3) is 3.06. The second-order valence-electron chi connectivity index (χ2n) is 3.04. The van der Waals surface area contributed by atoms with Gasteiger partial charge in [-0.3, -0.25) is 0 Å². The third-order valence-corrected chi connectivity index (χ3v) is 1.87.